The first-order chi connectivity index (χ1) is 19.1. The highest BCUT2D eigenvalue weighted by molar-refractivity contribution is 5.57. The summed E-state index contributed by atoms with van der Waals surface area (Å²) in [5, 5.41) is 14.3. The first-order valence-corrected chi connectivity index (χ1v) is 13.3. The molecule has 5 rings (SSSR count). The van der Waals surface area contributed by atoms with Crippen LogP contribution in [0.5, 0.6) is 17.2 Å². The van der Waals surface area contributed by atoms with E-state index in [0.717, 1.165) is 62.6 Å². The van der Waals surface area contributed by atoms with E-state index in [1.54, 1.807) is 25.4 Å². The van der Waals surface area contributed by atoms with Gasteiger partial charge in [-0.1, -0.05) is 42.5 Å². The number of rotatable bonds is 10. The number of para-hydroxylation sites is 1. The second kappa shape index (κ2) is 12.5. The Balaban J connectivity index is 1.29. The molecule has 1 aliphatic rings. The Morgan fingerprint density at radius 3 is 2.38 bits per heavy atom. The quantitative estimate of drug-likeness (QED) is 0.309. The maximum atomic E-state index is 13.6. The van der Waals surface area contributed by atoms with Crippen LogP contribution in [0.3, 0.4) is 0 Å². The summed E-state index contributed by atoms with van der Waals surface area (Å²) in [6.07, 6.45) is 3.36. The number of benzene rings is 3. The summed E-state index contributed by atoms with van der Waals surface area (Å²) in [6, 6.07) is 24.8. The lowest BCUT2D eigenvalue weighted by Gasteiger charge is -2.36. The van der Waals surface area contributed by atoms with Gasteiger partial charge in [0.2, 0.25) is 5.75 Å². The number of aromatic hydroxyl groups is 1. The first kappa shape index (κ1) is 26.3. The van der Waals surface area contributed by atoms with Gasteiger partial charge in [0.15, 0.2) is 0 Å². The van der Waals surface area contributed by atoms with Gasteiger partial charge in [-0.05, 0) is 60.4 Å². The molecular weight excluding hydrogens is 492 g/mol. The second-order valence-corrected chi connectivity index (χ2v) is 9.64. The molecule has 0 aliphatic carbocycles. The second-order valence-electron chi connectivity index (χ2n) is 9.64. The van der Waals surface area contributed by atoms with Gasteiger partial charge in [-0.25, -0.2) is 0 Å². The summed E-state index contributed by atoms with van der Waals surface area (Å²) in [4.78, 5) is 18.1. The van der Waals surface area contributed by atoms with Crippen LogP contribution in [0.15, 0.2) is 89.9 Å². The van der Waals surface area contributed by atoms with E-state index in [1.165, 1.54) is 10.2 Å². The molecule has 2 heterocycles. The van der Waals surface area contributed by atoms with Crippen molar-refractivity contribution in [2.75, 3.05) is 44.8 Å². The molecule has 0 bridgehead atoms. The van der Waals surface area contributed by atoms with Crippen LogP contribution in [-0.2, 0) is 13.0 Å². The molecule has 0 amide bonds. The number of aryl methyl sites for hydroxylation is 1. The normalized spacial score (nSPS) is 13.8. The molecule has 0 spiro atoms. The number of piperazine rings is 1. The number of methoxy groups -OCH3 is 1. The highest BCUT2D eigenvalue weighted by Crippen LogP contribution is 2.26. The standard InChI is InChI=1S/C31H34N4O4/c1-38-28-14-12-24(13-15-28)8-6-20-39-30-29(22-32-35(31(30)37)26-9-3-2-4-10-26)34-18-16-33(17-19-34)23-25-7-5-11-27(36)21-25/h2-5,7,9-15,21-22,36H,6,8,16-20,23H2,1H3. The van der Waals surface area contributed by atoms with E-state index >= 15 is 0 Å². The number of anilines is 1. The van der Waals surface area contributed by atoms with E-state index in [4.69, 9.17) is 9.47 Å². The van der Waals surface area contributed by atoms with Crippen LogP contribution in [0.25, 0.3) is 5.69 Å². The van der Waals surface area contributed by atoms with E-state index in [0.29, 0.717) is 18.0 Å². The smallest absolute Gasteiger partial charge is 0.316 e. The molecule has 1 saturated heterocycles. The van der Waals surface area contributed by atoms with Crippen molar-refractivity contribution in [2.24, 2.45) is 0 Å². The van der Waals surface area contributed by atoms with Gasteiger partial charge in [0.05, 0.1) is 25.6 Å². The lowest BCUT2D eigenvalue weighted by molar-refractivity contribution is 0.247. The average molecular weight is 527 g/mol. The van der Waals surface area contributed by atoms with Crippen LogP contribution < -0.4 is 19.9 Å². The molecule has 3 aromatic carbocycles. The molecule has 1 fully saturated rings. The van der Waals surface area contributed by atoms with Crippen molar-refractivity contribution in [3.8, 4) is 22.9 Å². The SMILES string of the molecule is COc1ccc(CCCOc2c(N3CCN(Cc4cccc(O)c4)CC3)cnn(-c3ccccc3)c2=O)cc1. The summed E-state index contributed by atoms with van der Waals surface area (Å²) < 4.78 is 12.8. The lowest BCUT2D eigenvalue weighted by atomic mass is 10.1. The maximum Gasteiger partial charge on any atom is 0.316 e. The minimum atomic E-state index is -0.259. The van der Waals surface area contributed by atoms with Crippen LogP contribution in [-0.4, -0.2) is 59.7 Å². The van der Waals surface area contributed by atoms with E-state index in [1.807, 2.05) is 54.6 Å². The van der Waals surface area contributed by atoms with E-state index < -0.39 is 0 Å². The Bertz CT molecular complexity index is 1410. The predicted octanol–water partition coefficient (Wildman–Crippen LogP) is 4.28. The number of hydrogen-bond donors (Lipinski definition) is 1. The number of ether oxygens (including phenoxy) is 2. The fourth-order valence-electron chi connectivity index (χ4n) is 4.85. The predicted molar refractivity (Wildman–Crippen MR) is 152 cm³/mol. The molecule has 1 aliphatic heterocycles. The van der Waals surface area contributed by atoms with Gasteiger partial charge in [-0.2, -0.15) is 9.78 Å². The Morgan fingerprint density at radius 2 is 1.67 bits per heavy atom. The summed E-state index contributed by atoms with van der Waals surface area (Å²) in [6.45, 7) is 4.34. The topological polar surface area (TPSA) is 80.1 Å². The van der Waals surface area contributed by atoms with Gasteiger partial charge in [-0.3, -0.25) is 9.69 Å². The number of phenolic OH excluding ortho intramolecular Hbond substituents is 1. The van der Waals surface area contributed by atoms with Crippen LogP contribution in [0, 0.1) is 0 Å². The van der Waals surface area contributed by atoms with Crippen molar-refractivity contribution in [1.29, 1.82) is 0 Å². The third-order valence-corrected chi connectivity index (χ3v) is 6.96. The molecule has 4 aromatic rings. The minimum Gasteiger partial charge on any atom is -0.508 e. The molecular formula is C31H34N4O4. The molecule has 1 N–H and O–H groups in total. The Hall–Kier alpha value is -4.30. The van der Waals surface area contributed by atoms with Crippen LogP contribution >= 0.6 is 0 Å². The van der Waals surface area contributed by atoms with Crippen LogP contribution in [0.2, 0.25) is 0 Å². The third kappa shape index (κ3) is 6.59. The summed E-state index contributed by atoms with van der Waals surface area (Å²) in [5.41, 5.74) is 3.45. The molecule has 8 nitrogen and oxygen atoms in total. The highest BCUT2D eigenvalue weighted by atomic mass is 16.5. The number of aromatic nitrogens is 2. The fraction of sp³-hybridized carbons (Fsp3) is 0.290. The average Bonchev–Trinajstić information content (AvgIpc) is 2.97. The monoisotopic (exact) mass is 526 g/mol. The molecule has 39 heavy (non-hydrogen) atoms. The zero-order valence-corrected chi connectivity index (χ0v) is 22.2. The molecule has 1 aromatic heterocycles. The Labute approximate surface area is 228 Å². The largest absolute Gasteiger partial charge is 0.508 e. The van der Waals surface area contributed by atoms with Crippen LogP contribution in [0.1, 0.15) is 17.5 Å². The molecule has 202 valence electrons. The molecule has 0 atom stereocenters. The van der Waals surface area contributed by atoms with Gasteiger partial charge < -0.3 is 19.5 Å². The van der Waals surface area contributed by atoms with Gasteiger partial charge in [-0.15, -0.1) is 0 Å². The third-order valence-electron chi connectivity index (χ3n) is 6.96. The summed E-state index contributed by atoms with van der Waals surface area (Å²) in [5.74, 6) is 1.45. The minimum absolute atomic E-state index is 0.259. The Morgan fingerprint density at radius 1 is 0.897 bits per heavy atom. The van der Waals surface area contributed by atoms with Gasteiger partial charge in [0, 0.05) is 32.7 Å². The van der Waals surface area contributed by atoms with Crippen molar-refractivity contribution in [3.05, 3.63) is 107 Å². The number of hydrogen-bond acceptors (Lipinski definition) is 7. The zero-order valence-electron chi connectivity index (χ0n) is 22.2. The van der Waals surface area contributed by atoms with Gasteiger partial charge in [0.1, 0.15) is 17.2 Å². The van der Waals surface area contributed by atoms with Gasteiger partial charge in [0.25, 0.3) is 0 Å². The number of phenols is 1. The highest BCUT2D eigenvalue weighted by Gasteiger charge is 2.23. The molecule has 0 radical (unpaired) electrons. The van der Waals surface area contributed by atoms with Crippen molar-refractivity contribution >= 4 is 5.69 Å². The summed E-state index contributed by atoms with van der Waals surface area (Å²) in [7, 11) is 1.66. The fourth-order valence-corrected chi connectivity index (χ4v) is 4.85. The molecule has 0 saturated carbocycles. The van der Waals surface area contributed by atoms with Crippen LogP contribution in [0.4, 0.5) is 5.69 Å². The number of nitrogens with zero attached hydrogens (tertiary/aromatic N) is 4. The van der Waals surface area contributed by atoms with E-state index in [-0.39, 0.29) is 11.3 Å². The van der Waals surface area contributed by atoms with Crippen molar-refractivity contribution in [3.63, 3.8) is 0 Å². The Kier molecular flexibility index (Phi) is 8.43. The van der Waals surface area contributed by atoms with Crippen molar-refractivity contribution < 1.29 is 14.6 Å². The molecule has 0 unspecified atom stereocenters. The molecule has 8 heteroatoms. The zero-order chi connectivity index (χ0) is 27.0. The maximum absolute atomic E-state index is 13.6. The lowest BCUT2D eigenvalue weighted by Crippen LogP contribution is -2.46. The first-order valence-electron chi connectivity index (χ1n) is 13.3. The van der Waals surface area contributed by atoms with Crippen molar-refractivity contribution in [2.45, 2.75) is 19.4 Å². The summed E-state index contributed by atoms with van der Waals surface area (Å²) >= 11 is 0. The van der Waals surface area contributed by atoms with Crippen molar-refractivity contribution in [1.82, 2.24) is 14.7 Å². The van der Waals surface area contributed by atoms with E-state index in [9.17, 15) is 9.90 Å². The van der Waals surface area contributed by atoms with Gasteiger partial charge >= 0.3 is 5.56 Å². The van der Waals surface area contributed by atoms with E-state index in [2.05, 4.69) is 27.0 Å².